The van der Waals surface area contributed by atoms with Crippen LogP contribution < -0.4 is 5.76 Å². The molecule has 1 aliphatic heterocycles. The van der Waals surface area contributed by atoms with E-state index in [9.17, 15) is 9.59 Å². The first-order chi connectivity index (χ1) is 11.7. The Morgan fingerprint density at radius 3 is 3.08 bits per heavy atom. The predicted molar refractivity (Wildman–Crippen MR) is 87.8 cm³/mol. The molecular formula is C16H19N3O4S. The first kappa shape index (κ1) is 15.6. The third kappa shape index (κ3) is 2.91. The van der Waals surface area contributed by atoms with Crippen LogP contribution in [0.25, 0.3) is 10.8 Å². The van der Waals surface area contributed by atoms with Crippen molar-refractivity contribution in [1.29, 1.82) is 0 Å². The summed E-state index contributed by atoms with van der Waals surface area (Å²) in [4.78, 5) is 27.3. The molecule has 0 aromatic carbocycles. The monoisotopic (exact) mass is 349 g/mol. The topological polar surface area (TPSA) is 77.6 Å². The van der Waals surface area contributed by atoms with Crippen LogP contribution in [-0.4, -0.2) is 45.9 Å². The second kappa shape index (κ2) is 6.52. The summed E-state index contributed by atoms with van der Waals surface area (Å²) in [5.74, 6) is -0.427. The Labute approximate surface area is 142 Å². The highest BCUT2D eigenvalue weighted by molar-refractivity contribution is 7.13. The van der Waals surface area contributed by atoms with E-state index < -0.39 is 5.76 Å². The summed E-state index contributed by atoms with van der Waals surface area (Å²) in [6.45, 7) is 1.04. The van der Waals surface area contributed by atoms with E-state index in [1.165, 1.54) is 11.3 Å². The van der Waals surface area contributed by atoms with Crippen molar-refractivity contribution in [2.45, 2.75) is 44.4 Å². The van der Waals surface area contributed by atoms with Crippen LogP contribution in [0.2, 0.25) is 0 Å². The van der Waals surface area contributed by atoms with Gasteiger partial charge in [-0.3, -0.25) is 4.79 Å². The Bertz CT molecular complexity index is 765. The van der Waals surface area contributed by atoms with Crippen molar-refractivity contribution < 1.29 is 13.9 Å². The van der Waals surface area contributed by atoms with Crippen molar-refractivity contribution in [3.8, 4) is 10.8 Å². The number of hydrogen-bond donors (Lipinski definition) is 0. The molecule has 0 spiro atoms. The maximum Gasteiger partial charge on any atom is 0.437 e. The van der Waals surface area contributed by atoms with Gasteiger partial charge in [0.2, 0.25) is 5.91 Å². The van der Waals surface area contributed by atoms with Crippen molar-refractivity contribution in [2.75, 3.05) is 13.2 Å². The van der Waals surface area contributed by atoms with Crippen LogP contribution in [0.4, 0.5) is 0 Å². The number of carbonyl (C=O) groups excluding carboxylic acids is 1. The van der Waals surface area contributed by atoms with Crippen LogP contribution in [-0.2, 0) is 16.1 Å². The molecule has 1 aliphatic carbocycles. The van der Waals surface area contributed by atoms with Crippen LogP contribution >= 0.6 is 11.3 Å². The average Bonchev–Trinajstić information content (AvgIpc) is 3.25. The molecule has 2 aliphatic rings. The minimum atomic E-state index is -0.597. The van der Waals surface area contributed by atoms with Crippen molar-refractivity contribution in [3.63, 3.8) is 0 Å². The molecule has 2 aromatic rings. The van der Waals surface area contributed by atoms with E-state index in [0.717, 1.165) is 35.2 Å². The van der Waals surface area contributed by atoms with Crippen molar-refractivity contribution in [1.82, 2.24) is 14.7 Å². The lowest BCUT2D eigenvalue weighted by molar-refractivity contribution is -0.150. The van der Waals surface area contributed by atoms with E-state index in [1.54, 1.807) is 0 Å². The van der Waals surface area contributed by atoms with Gasteiger partial charge < -0.3 is 14.1 Å². The Morgan fingerprint density at radius 1 is 1.38 bits per heavy atom. The second-order valence-corrected chi connectivity index (χ2v) is 7.10. The van der Waals surface area contributed by atoms with Gasteiger partial charge in [0.15, 0.2) is 0 Å². The molecule has 128 valence electrons. The number of thiophene rings is 1. The summed E-state index contributed by atoms with van der Waals surface area (Å²) in [6, 6.07) is 3.82. The molecule has 2 atom stereocenters. The number of rotatable bonds is 3. The molecule has 2 fully saturated rings. The molecular weight excluding hydrogens is 330 g/mol. The zero-order valence-electron chi connectivity index (χ0n) is 13.2. The number of morpholine rings is 1. The molecule has 0 bridgehead atoms. The predicted octanol–water partition coefficient (Wildman–Crippen LogP) is 1.73. The lowest BCUT2D eigenvalue weighted by Crippen LogP contribution is -2.55. The lowest BCUT2D eigenvalue weighted by atomic mass is 9.90. The van der Waals surface area contributed by atoms with Crippen molar-refractivity contribution in [2.24, 2.45) is 0 Å². The molecule has 1 saturated heterocycles. The Kier molecular flexibility index (Phi) is 4.24. The van der Waals surface area contributed by atoms with Gasteiger partial charge in [0, 0.05) is 6.54 Å². The molecule has 7 nitrogen and oxygen atoms in total. The third-order valence-corrected chi connectivity index (χ3v) is 5.53. The van der Waals surface area contributed by atoms with Gasteiger partial charge in [-0.05, 0) is 24.3 Å². The van der Waals surface area contributed by atoms with Crippen LogP contribution in [0, 0.1) is 0 Å². The highest BCUT2D eigenvalue weighted by atomic mass is 32.1. The maximum absolute atomic E-state index is 12.7. The Morgan fingerprint density at radius 2 is 2.25 bits per heavy atom. The smallest absolute Gasteiger partial charge is 0.387 e. The molecule has 8 heteroatoms. The Balaban J connectivity index is 1.50. The summed E-state index contributed by atoms with van der Waals surface area (Å²) in [7, 11) is 0. The molecule has 0 radical (unpaired) electrons. The highest BCUT2D eigenvalue weighted by Gasteiger charge is 2.36. The number of nitrogens with zero attached hydrogens (tertiary/aromatic N) is 3. The average molecular weight is 349 g/mol. The largest absolute Gasteiger partial charge is 0.437 e. The first-order valence-corrected chi connectivity index (χ1v) is 9.13. The van der Waals surface area contributed by atoms with Gasteiger partial charge in [0.25, 0.3) is 5.89 Å². The van der Waals surface area contributed by atoms with Gasteiger partial charge in [-0.2, -0.15) is 4.68 Å². The second-order valence-electron chi connectivity index (χ2n) is 6.16. The standard InChI is InChI=1S/C16H19N3O4S/c20-14(18-7-8-22-12-5-2-1-4-11(12)18)10-19-16(21)23-15(17-19)13-6-3-9-24-13/h3,6,9,11-12H,1-2,4-5,7-8,10H2/t11-,12-/m0/s1. The van der Waals surface area contributed by atoms with Crippen molar-refractivity contribution in [3.05, 3.63) is 28.1 Å². The van der Waals surface area contributed by atoms with Gasteiger partial charge in [-0.15, -0.1) is 16.4 Å². The SMILES string of the molecule is O=C(Cn1nc(-c2cccs2)oc1=O)N1CCO[C@H]2CCCC[C@@H]21. The fraction of sp³-hybridized carbons (Fsp3) is 0.562. The number of hydrogen-bond acceptors (Lipinski definition) is 6. The fourth-order valence-corrected chi connectivity index (χ4v) is 4.18. The minimum Gasteiger partial charge on any atom is -0.387 e. The van der Waals surface area contributed by atoms with Gasteiger partial charge in [-0.1, -0.05) is 18.9 Å². The maximum atomic E-state index is 12.7. The fourth-order valence-electron chi connectivity index (χ4n) is 3.53. The highest BCUT2D eigenvalue weighted by Crippen LogP contribution is 2.28. The molecule has 4 rings (SSSR count). The zero-order chi connectivity index (χ0) is 16.5. The summed E-state index contributed by atoms with van der Waals surface area (Å²) in [5, 5.41) is 6.05. The third-order valence-electron chi connectivity index (χ3n) is 4.68. The molecule has 2 aromatic heterocycles. The quantitative estimate of drug-likeness (QED) is 0.843. The normalized spacial score (nSPS) is 23.9. The van der Waals surface area contributed by atoms with Gasteiger partial charge in [0.1, 0.15) is 6.54 Å². The number of carbonyl (C=O) groups is 1. The van der Waals surface area contributed by atoms with E-state index >= 15 is 0 Å². The zero-order valence-corrected chi connectivity index (χ0v) is 14.0. The van der Waals surface area contributed by atoms with E-state index in [-0.39, 0.29) is 30.5 Å². The van der Waals surface area contributed by atoms with Gasteiger partial charge >= 0.3 is 5.76 Å². The number of fused-ring (bicyclic) bond motifs is 1. The van der Waals surface area contributed by atoms with Gasteiger partial charge in [0.05, 0.1) is 23.6 Å². The van der Waals surface area contributed by atoms with E-state index in [1.807, 2.05) is 22.4 Å². The molecule has 1 amide bonds. The number of amides is 1. The van der Waals surface area contributed by atoms with E-state index in [0.29, 0.717) is 13.2 Å². The first-order valence-electron chi connectivity index (χ1n) is 8.25. The minimum absolute atomic E-state index is 0.0864. The van der Waals surface area contributed by atoms with Crippen LogP contribution in [0.15, 0.2) is 26.7 Å². The number of ether oxygens (including phenoxy) is 1. The van der Waals surface area contributed by atoms with Crippen molar-refractivity contribution >= 4 is 17.2 Å². The summed E-state index contributed by atoms with van der Waals surface area (Å²) in [6.07, 6.45) is 4.36. The lowest BCUT2D eigenvalue weighted by Gasteiger charge is -2.43. The molecule has 24 heavy (non-hydrogen) atoms. The summed E-state index contributed by atoms with van der Waals surface area (Å²) in [5.41, 5.74) is 0. The summed E-state index contributed by atoms with van der Waals surface area (Å²) >= 11 is 1.44. The van der Waals surface area contributed by atoms with E-state index in [4.69, 9.17) is 9.15 Å². The molecule has 3 heterocycles. The number of aromatic nitrogens is 2. The Hall–Kier alpha value is -1.93. The molecule has 0 unspecified atom stereocenters. The summed E-state index contributed by atoms with van der Waals surface area (Å²) < 4.78 is 12.1. The molecule has 0 N–H and O–H groups in total. The van der Waals surface area contributed by atoms with Gasteiger partial charge in [-0.25, -0.2) is 4.79 Å². The molecule has 1 saturated carbocycles. The van der Waals surface area contributed by atoms with E-state index in [2.05, 4.69) is 5.10 Å². The van der Waals surface area contributed by atoms with Crippen LogP contribution in [0.3, 0.4) is 0 Å². The van der Waals surface area contributed by atoms with Crippen LogP contribution in [0.1, 0.15) is 25.7 Å². The van der Waals surface area contributed by atoms with Crippen LogP contribution in [0.5, 0.6) is 0 Å².